The van der Waals surface area contributed by atoms with Gasteiger partial charge < -0.3 is 5.11 Å². The molecule has 0 radical (unpaired) electrons. The molecule has 0 saturated carbocycles. The van der Waals surface area contributed by atoms with Crippen LogP contribution in [-0.4, -0.2) is 30.9 Å². The largest absolute Gasteiger partial charge is 0.508 e. The van der Waals surface area contributed by atoms with Gasteiger partial charge in [0.05, 0.1) is 4.90 Å². The highest BCUT2D eigenvalue weighted by molar-refractivity contribution is 7.89. The first-order valence-electron chi connectivity index (χ1n) is 5.84. The first-order valence-corrected chi connectivity index (χ1v) is 7.28. The standard InChI is InChI=1S/C13H21NO3S/c1-10(13(2,3)4)14(5)18(16,17)12-8-6-11(15)7-9-12/h6-10,15H,1-5H3. The van der Waals surface area contributed by atoms with Crippen molar-refractivity contribution in [2.75, 3.05) is 7.05 Å². The second-order valence-corrected chi connectivity index (χ2v) is 7.55. The molecule has 1 N–H and O–H groups in total. The number of hydrogen-bond acceptors (Lipinski definition) is 3. The van der Waals surface area contributed by atoms with Crippen molar-refractivity contribution in [1.82, 2.24) is 4.31 Å². The summed E-state index contributed by atoms with van der Waals surface area (Å²) < 4.78 is 26.1. The number of rotatable bonds is 3. The molecular weight excluding hydrogens is 250 g/mol. The molecule has 5 heteroatoms. The zero-order chi connectivity index (χ0) is 14.1. The molecular formula is C13H21NO3S. The third-order valence-corrected chi connectivity index (χ3v) is 5.25. The molecule has 0 aliphatic rings. The van der Waals surface area contributed by atoms with Gasteiger partial charge in [-0.25, -0.2) is 8.42 Å². The molecule has 0 aliphatic carbocycles. The maximum atomic E-state index is 12.4. The van der Waals surface area contributed by atoms with Crippen LogP contribution in [0.3, 0.4) is 0 Å². The monoisotopic (exact) mass is 271 g/mol. The molecule has 1 atom stereocenters. The second-order valence-electron chi connectivity index (χ2n) is 5.56. The summed E-state index contributed by atoms with van der Waals surface area (Å²) in [6, 6.07) is 5.45. The predicted octanol–water partition coefficient (Wildman–Crippen LogP) is 2.45. The van der Waals surface area contributed by atoms with Gasteiger partial charge in [0.2, 0.25) is 10.0 Å². The molecule has 1 unspecified atom stereocenters. The van der Waals surface area contributed by atoms with Crippen LogP contribution in [0.5, 0.6) is 5.75 Å². The van der Waals surface area contributed by atoms with Crippen molar-refractivity contribution in [2.45, 2.75) is 38.6 Å². The van der Waals surface area contributed by atoms with Gasteiger partial charge >= 0.3 is 0 Å². The molecule has 18 heavy (non-hydrogen) atoms. The van der Waals surface area contributed by atoms with Crippen molar-refractivity contribution in [3.8, 4) is 5.75 Å². The minimum Gasteiger partial charge on any atom is -0.508 e. The molecule has 1 aromatic rings. The fraction of sp³-hybridized carbons (Fsp3) is 0.538. The van der Waals surface area contributed by atoms with E-state index in [-0.39, 0.29) is 22.1 Å². The van der Waals surface area contributed by atoms with Crippen molar-refractivity contribution >= 4 is 10.0 Å². The van der Waals surface area contributed by atoms with E-state index in [1.807, 2.05) is 27.7 Å². The maximum absolute atomic E-state index is 12.4. The van der Waals surface area contributed by atoms with Gasteiger partial charge in [-0.15, -0.1) is 0 Å². The second kappa shape index (κ2) is 4.90. The van der Waals surface area contributed by atoms with Gasteiger partial charge in [0.15, 0.2) is 0 Å². The number of aromatic hydroxyl groups is 1. The highest BCUT2D eigenvalue weighted by Gasteiger charge is 2.32. The van der Waals surface area contributed by atoms with Crippen molar-refractivity contribution in [1.29, 1.82) is 0 Å². The van der Waals surface area contributed by atoms with Crippen molar-refractivity contribution in [3.05, 3.63) is 24.3 Å². The van der Waals surface area contributed by atoms with Crippen LogP contribution in [0.1, 0.15) is 27.7 Å². The van der Waals surface area contributed by atoms with Crippen molar-refractivity contribution in [2.24, 2.45) is 5.41 Å². The quantitative estimate of drug-likeness (QED) is 0.918. The van der Waals surface area contributed by atoms with E-state index in [1.165, 1.54) is 28.6 Å². The minimum absolute atomic E-state index is 0.0560. The third kappa shape index (κ3) is 3.03. The molecule has 0 bridgehead atoms. The molecule has 102 valence electrons. The summed E-state index contributed by atoms with van der Waals surface area (Å²) in [5.41, 5.74) is -0.140. The summed E-state index contributed by atoms with van der Waals surface area (Å²) in [6.45, 7) is 7.89. The summed E-state index contributed by atoms with van der Waals surface area (Å²) >= 11 is 0. The van der Waals surface area contributed by atoms with Crippen molar-refractivity contribution in [3.63, 3.8) is 0 Å². The van der Waals surface area contributed by atoms with Crippen LogP contribution in [0.4, 0.5) is 0 Å². The number of phenolic OH excluding ortho intramolecular Hbond substituents is 1. The van der Waals surface area contributed by atoms with E-state index < -0.39 is 10.0 Å². The molecule has 0 aromatic heterocycles. The number of nitrogens with zero attached hydrogens (tertiary/aromatic N) is 1. The Morgan fingerprint density at radius 2 is 1.61 bits per heavy atom. The molecule has 1 rings (SSSR count). The van der Waals surface area contributed by atoms with Crippen molar-refractivity contribution < 1.29 is 13.5 Å². The molecule has 0 spiro atoms. The third-order valence-electron chi connectivity index (χ3n) is 3.31. The molecule has 0 saturated heterocycles. The SMILES string of the molecule is CC(N(C)S(=O)(=O)c1ccc(O)cc1)C(C)(C)C. The van der Waals surface area contributed by atoms with E-state index in [9.17, 15) is 13.5 Å². The van der Waals surface area contributed by atoms with E-state index in [2.05, 4.69) is 0 Å². The van der Waals surface area contributed by atoms with Gasteiger partial charge in [-0.2, -0.15) is 4.31 Å². The van der Waals surface area contributed by atoms with Gasteiger partial charge in [0.1, 0.15) is 5.75 Å². The number of phenols is 1. The van der Waals surface area contributed by atoms with E-state index >= 15 is 0 Å². The lowest BCUT2D eigenvalue weighted by atomic mass is 9.88. The average Bonchev–Trinajstić information content (AvgIpc) is 2.26. The Kier molecular flexibility index (Phi) is 4.08. The number of benzene rings is 1. The van der Waals surface area contributed by atoms with E-state index in [1.54, 1.807) is 7.05 Å². The first-order chi connectivity index (χ1) is 8.06. The number of hydrogen-bond donors (Lipinski definition) is 1. The molecule has 0 amide bonds. The smallest absolute Gasteiger partial charge is 0.243 e. The lowest BCUT2D eigenvalue weighted by Crippen LogP contribution is -2.42. The molecule has 0 aliphatic heterocycles. The van der Waals surface area contributed by atoms with E-state index in [0.29, 0.717) is 0 Å². The van der Waals surface area contributed by atoms with Crippen LogP contribution < -0.4 is 0 Å². The van der Waals surface area contributed by atoms with Gasteiger partial charge in [-0.3, -0.25) is 0 Å². The summed E-state index contributed by atoms with van der Waals surface area (Å²) in [6.07, 6.45) is 0. The van der Waals surface area contributed by atoms with E-state index in [0.717, 1.165) is 0 Å². The maximum Gasteiger partial charge on any atom is 0.243 e. The van der Waals surface area contributed by atoms with Crippen LogP contribution in [0.2, 0.25) is 0 Å². The van der Waals surface area contributed by atoms with Gasteiger partial charge in [-0.05, 0) is 36.6 Å². The predicted molar refractivity (Wildman–Crippen MR) is 72.0 cm³/mol. The zero-order valence-corrected chi connectivity index (χ0v) is 12.3. The Bertz CT molecular complexity index is 500. The number of sulfonamides is 1. The van der Waals surface area contributed by atoms with Gasteiger partial charge in [0, 0.05) is 13.1 Å². The normalized spacial score (nSPS) is 14.8. The Morgan fingerprint density at radius 3 is 2.00 bits per heavy atom. The lowest BCUT2D eigenvalue weighted by molar-refractivity contribution is 0.216. The van der Waals surface area contributed by atoms with Crippen LogP contribution in [0.25, 0.3) is 0 Å². The minimum atomic E-state index is -3.52. The summed E-state index contributed by atoms with van der Waals surface area (Å²) in [5.74, 6) is 0.0560. The zero-order valence-electron chi connectivity index (χ0n) is 11.5. The first kappa shape index (κ1) is 15.0. The fourth-order valence-electron chi connectivity index (χ4n) is 1.54. The lowest BCUT2D eigenvalue weighted by Gasteiger charge is -2.34. The van der Waals surface area contributed by atoms with Gasteiger partial charge in [-0.1, -0.05) is 20.8 Å². The summed E-state index contributed by atoms with van der Waals surface area (Å²) in [7, 11) is -1.93. The Morgan fingerprint density at radius 1 is 1.17 bits per heavy atom. The molecule has 1 aromatic carbocycles. The fourth-order valence-corrected chi connectivity index (χ4v) is 3.08. The summed E-state index contributed by atoms with van der Waals surface area (Å²) in [5, 5.41) is 9.19. The molecule has 0 heterocycles. The average molecular weight is 271 g/mol. The van der Waals surface area contributed by atoms with Crippen LogP contribution in [0.15, 0.2) is 29.2 Å². The van der Waals surface area contributed by atoms with Gasteiger partial charge in [0.25, 0.3) is 0 Å². The van der Waals surface area contributed by atoms with Crippen LogP contribution in [-0.2, 0) is 10.0 Å². The van der Waals surface area contributed by atoms with E-state index in [4.69, 9.17) is 0 Å². The Hall–Kier alpha value is -1.07. The Labute approximate surface area is 109 Å². The highest BCUT2D eigenvalue weighted by Crippen LogP contribution is 2.28. The van der Waals surface area contributed by atoms with Crippen LogP contribution >= 0.6 is 0 Å². The Balaban J connectivity index is 3.11. The summed E-state index contributed by atoms with van der Waals surface area (Å²) in [4.78, 5) is 0.193. The molecule has 4 nitrogen and oxygen atoms in total. The van der Waals surface area contributed by atoms with Crippen LogP contribution in [0, 0.1) is 5.41 Å². The highest BCUT2D eigenvalue weighted by atomic mass is 32.2. The topological polar surface area (TPSA) is 57.6 Å². The molecule has 0 fully saturated rings.